The van der Waals surface area contributed by atoms with E-state index in [1.807, 2.05) is 36.4 Å². The van der Waals surface area contributed by atoms with Crippen LogP contribution >= 0.6 is 11.6 Å². The fraction of sp³-hybridized carbons (Fsp3) is 0.174. The summed E-state index contributed by atoms with van der Waals surface area (Å²) in [5, 5.41) is 20.8. The van der Waals surface area contributed by atoms with Crippen molar-refractivity contribution in [3.8, 4) is 34.9 Å². The van der Waals surface area contributed by atoms with Gasteiger partial charge in [-0.2, -0.15) is 0 Å². The molecule has 0 aliphatic heterocycles. The molecule has 1 heterocycles. The van der Waals surface area contributed by atoms with Gasteiger partial charge in [-0.05, 0) is 32.0 Å². The Morgan fingerprint density at radius 2 is 1.44 bits per heavy atom. The van der Waals surface area contributed by atoms with Crippen LogP contribution in [0.1, 0.15) is 25.0 Å². The van der Waals surface area contributed by atoms with Gasteiger partial charge in [0.1, 0.15) is 12.2 Å². The van der Waals surface area contributed by atoms with Crippen LogP contribution < -0.4 is 0 Å². The highest BCUT2D eigenvalue weighted by atomic mass is 35.5. The van der Waals surface area contributed by atoms with Gasteiger partial charge in [0, 0.05) is 16.0 Å². The Balaban J connectivity index is 2.40. The van der Waals surface area contributed by atoms with E-state index in [-0.39, 0.29) is 0 Å². The summed E-state index contributed by atoms with van der Waals surface area (Å²) in [6, 6.07) is 15.0. The summed E-state index contributed by atoms with van der Waals surface area (Å²) in [5.41, 5.74) is 3.58. The van der Waals surface area contributed by atoms with E-state index in [4.69, 9.17) is 16.6 Å². The molecule has 2 N–H and O–H groups in total. The van der Waals surface area contributed by atoms with Crippen molar-refractivity contribution < 1.29 is 10.2 Å². The van der Waals surface area contributed by atoms with Crippen LogP contribution in [-0.4, -0.2) is 27.4 Å². The SMILES string of the molecule is CC(O)C#Cc1c(-c2ccc(Cl)cc2)nc2ccccc2c1C#CC(C)O. The van der Waals surface area contributed by atoms with Crippen LogP contribution in [0.4, 0.5) is 0 Å². The van der Waals surface area contributed by atoms with Gasteiger partial charge in [-0.25, -0.2) is 4.98 Å². The summed E-state index contributed by atoms with van der Waals surface area (Å²) >= 11 is 6.02. The summed E-state index contributed by atoms with van der Waals surface area (Å²) in [5.74, 6) is 11.7. The molecular formula is C23H18ClNO2. The predicted molar refractivity (Wildman–Crippen MR) is 109 cm³/mol. The molecule has 2 aromatic carbocycles. The third-order valence-electron chi connectivity index (χ3n) is 3.82. The first kappa shape index (κ1) is 19.0. The van der Waals surface area contributed by atoms with E-state index in [1.165, 1.54) is 0 Å². The average molecular weight is 376 g/mol. The maximum absolute atomic E-state index is 9.65. The third kappa shape index (κ3) is 4.48. The fourth-order valence-electron chi connectivity index (χ4n) is 2.63. The van der Waals surface area contributed by atoms with Gasteiger partial charge in [-0.3, -0.25) is 0 Å². The fourth-order valence-corrected chi connectivity index (χ4v) is 2.76. The van der Waals surface area contributed by atoms with Crippen LogP contribution in [-0.2, 0) is 0 Å². The number of para-hydroxylation sites is 1. The van der Waals surface area contributed by atoms with Gasteiger partial charge in [0.05, 0.1) is 22.3 Å². The molecular weight excluding hydrogens is 358 g/mol. The van der Waals surface area contributed by atoms with E-state index in [0.717, 1.165) is 16.5 Å². The molecule has 0 aliphatic carbocycles. The molecule has 3 nitrogen and oxygen atoms in total. The standard InChI is InChI=1S/C23H18ClNO2/c1-15(26)7-13-19-20-5-3-4-6-22(20)25-23(21(19)14-8-16(2)27)17-9-11-18(24)12-10-17/h3-6,9-12,15-16,26-27H,1-2H3. The van der Waals surface area contributed by atoms with Crippen molar-refractivity contribution >= 4 is 22.5 Å². The molecule has 4 heteroatoms. The first-order valence-corrected chi connectivity index (χ1v) is 8.91. The smallest absolute Gasteiger partial charge is 0.112 e. The van der Waals surface area contributed by atoms with Gasteiger partial charge in [0.25, 0.3) is 0 Å². The zero-order valence-electron chi connectivity index (χ0n) is 15.0. The molecule has 27 heavy (non-hydrogen) atoms. The van der Waals surface area contributed by atoms with E-state index >= 15 is 0 Å². The molecule has 3 rings (SSSR count). The van der Waals surface area contributed by atoms with Gasteiger partial charge < -0.3 is 10.2 Å². The number of aromatic nitrogens is 1. The van der Waals surface area contributed by atoms with E-state index in [9.17, 15) is 10.2 Å². The first-order chi connectivity index (χ1) is 13.0. The monoisotopic (exact) mass is 375 g/mol. The maximum Gasteiger partial charge on any atom is 0.112 e. The number of hydrogen-bond donors (Lipinski definition) is 2. The van der Waals surface area contributed by atoms with E-state index in [2.05, 4.69) is 23.7 Å². The largest absolute Gasteiger partial charge is 0.381 e. The highest BCUT2D eigenvalue weighted by molar-refractivity contribution is 6.30. The normalized spacial score (nSPS) is 12.5. The Bertz CT molecular complexity index is 1090. The van der Waals surface area contributed by atoms with Crippen LogP contribution in [0, 0.1) is 23.7 Å². The summed E-state index contributed by atoms with van der Waals surface area (Å²) in [6.07, 6.45) is -1.56. The van der Waals surface area contributed by atoms with Crippen LogP contribution in [0.2, 0.25) is 5.02 Å². The van der Waals surface area contributed by atoms with Crippen molar-refractivity contribution in [1.82, 2.24) is 4.98 Å². The Labute approximate surface area is 163 Å². The van der Waals surface area contributed by atoms with Crippen molar-refractivity contribution in [3.63, 3.8) is 0 Å². The van der Waals surface area contributed by atoms with Crippen molar-refractivity contribution in [2.24, 2.45) is 0 Å². The van der Waals surface area contributed by atoms with Crippen molar-refractivity contribution in [1.29, 1.82) is 0 Å². The second-order valence-electron chi connectivity index (χ2n) is 6.13. The molecule has 0 spiro atoms. The van der Waals surface area contributed by atoms with Crippen LogP contribution in [0.3, 0.4) is 0 Å². The number of benzene rings is 2. The molecule has 0 fully saturated rings. The molecule has 0 saturated heterocycles. The second kappa shape index (κ2) is 8.25. The number of pyridine rings is 1. The zero-order valence-corrected chi connectivity index (χ0v) is 15.7. The Morgan fingerprint density at radius 3 is 2.07 bits per heavy atom. The molecule has 0 aliphatic rings. The molecule has 3 aromatic rings. The second-order valence-corrected chi connectivity index (χ2v) is 6.56. The van der Waals surface area contributed by atoms with Gasteiger partial charge in [0.15, 0.2) is 0 Å². The molecule has 0 amide bonds. The minimum atomic E-state index is -0.785. The minimum Gasteiger partial charge on any atom is -0.381 e. The van der Waals surface area contributed by atoms with Gasteiger partial charge in [-0.15, -0.1) is 0 Å². The number of nitrogens with zero attached hydrogens (tertiary/aromatic N) is 1. The van der Waals surface area contributed by atoms with E-state index in [1.54, 1.807) is 26.0 Å². The van der Waals surface area contributed by atoms with Crippen LogP contribution in [0.25, 0.3) is 22.2 Å². The summed E-state index contributed by atoms with van der Waals surface area (Å²) in [7, 11) is 0. The third-order valence-corrected chi connectivity index (χ3v) is 4.07. The number of aliphatic hydroxyl groups is 2. The van der Waals surface area contributed by atoms with Crippen molar-refractivity contribution in [2.45, 2.75) is 26.1 Å². The van der Waals surface area contributed by atoms with Gasteiger partial charge >= 0.3 is 0 Å². The van der Waals surface area contributed by atoms with Crippen molar-refractivity contribution in [3.05, 3.63) is 64.7 Å². The highest BCUT2D eigenvalue weighted by Crippen LogP contribution is 2.30. The number of fused-ring (bicyclic) bond motifs is 1. The average Bonchev–Trinajstić information content (AvgIpc) is 2.64. The molecule has 0 radical (unpaired) electrons. The number of rotatable bonds is 1. The summed E-state index contributed by atoms with van der Waals surface area (Å²) < 4.78 is 0. The molecule has 0 bridgehead atoms. The maximum atomic E-state index is 9.65. The van der Waals surface area contributed by atoms with Gasteiger partial charge in [0.2, 0.25) is 0 Å². The lowest BCUT2D eigenvalue weighted by Crippen LogP contribution is -2.00. The molecule has 2 atom stereocenters. The van der Waals surface area contributed by atoms with E-state index < -0.39 is 12.2 Å². The van der Waals surface area contributed by atoms with Crippen LogP contribution in [0.5, 0.6) is 0 Å². The van der Waals surface area contributed by atoms with E-state index in [0.29, 0.717) is 21.8 Å². The molecule has 0 saturated carbocycles. The lowest BCUT2D eigenvalue weighted by molar-refractivity contribution is 0.253. The number of halogens is 1. The number of hydrogen-bond acceptors (Lipinski definition) is 3. The number of aliphatic hydroxyl groups excluding tert-OH is 2. The van der Waals surface area contributed by atoms with Crippen molar-refractivity contribution in [2.75, 3.05) is 0 Å². The Morgan fingerprint density at radius 1 is 0.852 bits per heavy atom. The Hall–Kier alpha value is -2.82. The minimum absolute atomic E-state index is 0.616. The molecule has 1 aromatic heterocycles. The Kier molecular flexibility index (Phi) is 5.79. The molecule has 2 unspecified atom stereocenters. The van der Waals surface area contributed by atoms with Gasteiger partial charge in [-0.1, -0.05) is 65.6 Å². The zero-order chi connectivity index (χ0) is 19.4. The highest BCUT2D eigenvalue weighted by Gasteiger charge is 2.14. The topological polar surface area (TPSA) is 53.4 Å². The first-order valence-electron chi connectivity index (χ1n) is 8.53. The lowest BCUT2D eigenvalue weighted by atomic mass is 9.97. The quantitative estimate of drug-likeness (QED) is 0.631. The molecule has 134 valence electrons. The lowest BCUT2D eigenvalue weighted by Gasteiger charge is -2.11. The predicted octanol–water partition coefficient (Wildman–Crippen LogP) is 4.02. The summed E-state index contributed by atoms with van der Waals surface area (Å²) in [4.78, 5) is 4.78. The summed E-state index contributed by atoms with van der Waals surface area (Å²) in [6.45, 7) is 3.21. The van der Waals surface area contributed by atoms with Crippen LogP contribution in [0.15, 0.2) is 48.5 Å².